The van der Waals surface area contributed by atoms with Gasteiger partial charge in [0.2, 0.25) is 11.8 Å². The van der Waals surface area contributed by atoms with E-state index < -0.39 is 0 Å². The lowest BCUT2D eigenvalue weighted by molar-refractivity contribution is -0.133. The SMILES string of the molecule is CCOc1ccccc1CCC(=O)N1CCN(CC(=O)NC2CC2)CC1. The van der Waals surface area contributed by atoms with E-state index in [2.05, 4.69) is 10.2 Å². The number of nitrogens with one attached hydrogen (secondary N) is 1. The highest BCUT2D eigenvalue weighted by molar-refractivity contribution is 5.79. The number of carbonyl (C=O) groups excluding carboxylic acids is 2. The Bertz CT molecular complexity index is 622. The summed E-state index contributed by atoms with van der Waals surface area (Å²) in [5.41, 5.74) is 1.08. The molecule has 1 aromatic carbocycles. The van der Waals surface area contributed by atoms with Crippen LogP contribution in [0.15, 0.2) is 24.3 Å². The molecule has 6 nitrogen and oxygen atoms in total. The van der Waals surface area contributed by atoms with Gasteiger partial charge >= 0.3 is 0 Å². The Kier molecular flexibility index (Phi) is 6.50. The van der Waals surface area contributed by atoms with Crippen LogP contribution in [0.5, 0.6) is 5.75 Å². The Balaban J connectivity index is 1.40. The third kappa shape index (κ3) is 5.46. The fraction of sp³-hybridized carbons (Fsp3) is 0.600. The zero-order valence-corrected chi connectivity index (χ0v) is 15.6. The van der Waals surface area contributed by atoms with Gasteiger partial charge in [-0.25, -0.2) is 0 Å². The number of aryl methyl sites for hydroxylation is 1. The van der Waals surface area contributed by atoms with E-state index in [1.165, 1.54) is 0 Å². The van der Waals surface area contributed by atoms with Crippen LogP contribution in [0.1, 0.15) is 31.7 Å². The summed E-state index contributed by atoms with van der Waals surface area (Å²) in [4.78, 5) is 28.4. The highest BCUT2D eigenvalue weighted by Gasteiger charge is 2.26. The van der Waals surface area contributed by atoms with Crippen LogP contribution in [0.2, 0.25) is 0 Å². The first-order valence-corrected chi connectivity index (χ1v) is 9.66. The van der Waals surface area contributed by atoms with E-state index in [0.717, 1.165) is 37.2 Å². The second kappa shape index (κ2) is 9.03. The third-order valence-electron chi connectivity index (χ3n) is 4.92. The Morgan fingerprint density at radius 3 is 2.58 bits per heavy atom. The van der Waals surface area contributed by atoms with E-state index in [4.69, 9.17) is 4.74 Å². The van der Waals surface area contributed by atoms with Gasteiger partial charge in [0.1, 0.15) is 5.75 Å². The molecule has 1 heterocycles. The first kappa shape index (κ1) is 18.7. The van der Waals surface area contributed by atoms with Gasteiger partial charge in [0.25, 0.3) is 0 Å². The molecule has 0 radical (unpaired) electrons. The van der Waals surface area contributed by atoms with Crippen molar-refractivity contribution < 1.29 is 14.3 Å². The number of para-hydroxylation sites is 1. The molecule has 142 valence electrons. The molecule has 2 aliphatic rings. The fourth-order valence-corrected chi connectivity index (χ4v) is 3.27. The minimum absolute atomic E-state index is 0.111. The van der Waals surface area contributed by atoms with Crippen LogP contribution in [0.25, 0.3) is 0 Å². The van der Waals surface area contributed by atoms with E-state index in [1.54, 1.807) is 0 Å². The molecular weight excluding hydrogens is 330 g/mol. The van der Waals surface area contributed by atoms with Crippen molar-refractivity contribution in [2.45, 2.75) is 38.6 Å². The quantitative estimate of drug-likeness (QED) is 0.763. The zero-order chi connectivity index (χ0) is 18.4. The fourth-order valence-electron chi connectivity index (χ4n) is 3.27. The van der Waals surface area contributed by atoms with Gasteiger partial charge in [-0.1, -0.05) is 18.2 Å². The number of amides is 2. The van der Waals surface area contributed by atoms with Gasteiger partial charge in [-0.3, -0.25) is 14.5 Å². The predicted octanol–water partition coefficient (Wildman–Crippen LogP) is 1.44. The normalized spacial score (nSPS) is 17.8. The van der Waals surface area contributed by atoms with Crippen molar-refractivity contribution in [3.8, 4) is 5.75 Å². The van der Waals surface area contributed by atoms with Crippen LogP contribution in [0.3, 0.4) is 0 Å². The van der Waals surface area contributed by atoms with Crippen LogP contribution in [-0.4, -0.2) is 67.0 Å². The Morgan fingerprint density at radius 2 is 1.88 bits per heavy atom. The van der Waals surface area contributed by atoms with E-state index in [0.29, 0.717) is 45.1 Å². The highest BCUT2D eigenvalue weighted by Crippen LogP contribution is 2.20. The van der Waals surface area contributed by atoms with Crippen LogP contribution < -0.4 is 10.1 Å². The molecule has 1 aromatic rings. The molecule has 0 bridgehead atoms. The van der Waals surface area contributed by atoms with Gasteiger partial charge in [-0.05, 0) is 37.8 Å². The molecule has 0 spiro atoms. The molecule has 0 unspecified atom stereocenters. The van der Waals surface area contributed by atoms with Gasteiger partial charge in [0.15, 0.2) is 0 Å². The molecule has 26 heavy (non-hydrogen) atoms. The minimum Gasteiger partial charge on any atom is -0.494 e. The van der Waals surface area contributed by atoms with Crippen LogP contribution in [-0.2, 0) is 16.0 Å². The van der Waals surface area contributed by atoms with Gasteiger partial charge in [0.05, 0.1) is 13.2 Å². The van der Waals surface area contributed by atoms with Crippen molar-refractivity contribution in [1.29, 1.82) is 0 Å². The first-order valence-electron chi connectivity index (χ1n) is 9.66. The van der Waals surface area contributed by atoms with Gasteiger partial charge in [0, 0.05) is 38.6 Å². The van der Waals surface area contributed by atoms with Crippen molar-refractivity contribution in [1.82, 2.24) is 15.1 Å². The second-order valence-electron chi connectivity index (χ2n) is 7.04. The largest absolute Gasteiger partial charge is 0.494 e. The van der Waals surface area contributed by atoms with Crippen LogP contribution in [0, 0.1) is 0 Å². The minimum atomic E-state index is 0.111. The van der Waals surface area contributed by atoms with E-state index in [9.17, 15) is 9.59 Å². The third-order valence-corrected chi connectivity index (χ3v) is 4.92. The molecule has 1 aliphatic carbocycles. The second-order valence-corrected chi connectivity index (χ2v) is 7.04. The number of nitrogens with zero attached hydrogens (tertiary/aromatic N) is 2. The summed E-state index contributed by atoms with van der Waals surface area (Å²) in [5.74, 6) is 1.16. The predicted molar refractivity (Wildman–Crippen MR) is 100 cm³/mol. The molecule has 1 aliphatic heterocycles. The monoisotopic (exact) mass is 359 g/mol. The van der Waals surface area contributed by atoms with Crippen molar-refractivity contribution >= 4 is 11.8 Å². The summed E-state index contributed by atoms with van der Waals surface area (Å²) in [7, 11) is 0. The molecule has 0 atom stereocenters. The lowest BCUT2D eigenvalue weighted by Gasteiger charge is -2.34. The standard InChI is InChI=1S/C20H29N3O3/c1-2-26-18-6-4-3-5-16(18)7-10-20(25)23-13-11-22(12-14-23)15-19(24)21-17-8-9-17/h3-6,17H,2,7-15H2,1H3,(H,21,24). The summed E-state index contributed by atoms with van der Waals surface area (Å²) in [6.07, 6.45) is 3.41. The number of rotatable bonds is 8. The van der Waals surface area contributed by atoms with E-state index in [-0.39, 0.29) is 11.8 Å². The molecule has 6 heteroatoms. The van der Waals surface area contributed by atoms with E-state index >= 15 is 0 Å². The summed E-state index contributed by atoms with van der Waals surface area (Å²) in [6, 6.07) is 8.32. The molecule has 1 N–H and O–H groups in total. The van der Waals surface area contributed by atoms with E-state index in [1.807, 2.05) is 36.1 Å². The van der Waals surface area contributed by atoms with Crippen molar-refractivity contribution in [2.75, 3.05) is 39.3 Å². The average molecular weight is 359 g/mol. The highest BCUT2D eigenvalue weighted by atomic mass is 16.5. The smallest absolute Gasteiger partial charge is 0.234 e. The maximum Gasteiger partial charge on any atom is 0.234 e. The van der Waals surface area contributed by atoms with Gasteiger partial charge in [-0.2, -0.15) is 0 Å². The maximum atomic E-state index is 12.5. The average Bonchev–Trinajstić information content (AvgIpc) is 3.45. The molecule has 1 saturated carbocycles. The van der Waals surface area contributed by atoms with Gasteiger partial charge in [-0.15, -0.1) is 0 Å². The summed E-state index contributed by atoms with van der Waals surface area (Å²) >= 11 is 0. The number of benzene rings is 1. The van der Waals surface area contributed by atoms with Crippen molar-refractivity contribution in [3.05, 3.63) is 29.8 Å². The number of hydrogen-bond donors (Lipinski definition) is 1. The topological polar surface area (TPSA) is 61.9 Å². The zero-order valence-electron chi connectivity index (χ0n) is 15.6. The molecule has 0 aromatic heterocycles. The Morgan fingerprint density at radius 1 is 1.15 bits per heavy atom. The first-order chi connectivity index (χ1) is 12.7. The number of piperazine rings is 1. The lowest BCUT2D eigenvalue weighted by atomic mass is 10.1. The van der Waals surface area contributed by atoms with Gasteiger partial charge < -0.3 is 15.0 Å². The summed E-state index contributed by atoms with van der Waals surface area (Å²) < 4.78 is 5.63. The molecule has 2 fully saturated rings. The Labute approximate surface area is 155 Å². The molecule has 1 saturated heterocycles. The number of ether oxygens (including phenoxy) is 1. The number of hydrogen-bond acceptors (Lipinski definition) is 4. The molecular formula is C20H29N3O3. The Hall–Kier alpha value is -2.08. The lowest BCUT2D eigenvalue weighted by Crippen LogP contribution is -2.51. The maximum absolute atomic E-state index is 12.5. The molecule has 3 rings (SSSR count). The number of carbonyl (C=O) groups is 2. The van der Waals surface area contributed by atoms with Crippen LogP contribution >= 0.6 is 0 Å². The molecule has 2 amide bonds. The van der Waals surface area contributed by atoms with Crippen molar-refractivity contribution in [3.63, 3.8) is 0 Å². The summed E-state index contributed by atoms with van der Waals surface area (Å²) in [5, 5.41) is 3.02. The summed E-state index contributed by atoms with van der Waals surface area (Å²) in [6.45, 7) is 5.96. The van der Waals surface area contributed by atoms with Crippen molar-refractivity contribution in [2.24, 2.45) is 0 Å². The van der Waals surface area contributed by atoms with Crippen LogP contribution in [0.4, 0.5) is 0 Å².